The quantitative estimate of drug-likeness (QED) is 0.474. The molecule has 0 radical (unpaired) electrons. The number of hydrogen-bond acceptors (Lipinski definition) is 5. The minimum absolute atomic E-state index is 0.0934. The van der Waals surface area contributed by atoms with Crippen LogP contribution in [0.15, 0.2) is 22.4 Å². The molecule has 20 heavy (non-hydrogen) atoms. The third-order valence-electron chi connectivity index (χ3n) is 2.83. The molecule has 0 atom stereocenters. The number of fused-ring (bicyclic) bond motifs is 1. The van der Waals surface area contributed by atoms with Gasteiger partial charge in [0.1, 0.15) is 15.8 Å². The standard InChI is InChI=1S/C12H8ClIN4OS/c1-6-15-4-8(14)12(19)18(6)5-9-16-10(13)7-2-3-20-11(7)17-9/h2-4H,5H2,1H3. The average molecular weight is 419 g/mol. The summed E-state index contributed by atoms with van der Waals surface area (Å²) in [6.07, 6.45) is 1.56. The smallest absolute Gasteiger partial charge is 0.267 e. The van der Waals surface area contributed by atoms with E-state index in [2.05, 4.69) is 15.0 Å². The van der Waals surface area contributed by atoms with Crippen LogP contribution < -0.4 is 5.56 Å². The van der Waals surface area contributed by atoms with Crippen LogP contribution in [0.3, 0.4) is 0 Å². The number of halogens is 2. The molecule has 0 saturated carbocycles. The molecule has 0 unspecified atom stereocenters. The van der Waals surface area contributed by atoms with Crippen LogP contribution in [0.25, 0.3) is 10.2 Å². The molecule has 0 bridgehead atoms. The Hall–Kier alpha value is -1.06. The van der Waals surface area contributed by atoms with Gasteiger partial charge in [0.15, 0.2) is 5.82 Å². The molecule has 0 saturated heterocycles. The molecule has 0 spiro atoms. The Labute approximate surface area is 136 Å². The molecule has 3 rings (SSSR count). The molecule has 8 heteroatoms. The van der Waals surface area contributed by atoms with E-state index in [1.54, 1.807) is 17.7 Å². The minimum Gasteiger partial charge on any atom is -0.288 e. The summed E-state index contributed by atoms with van der Waals surface area (Å²) in [5.74, 6) is 1.14. The predicted octanol–water partition coefficient (Wildman–Crippen LogP) is 2.86. The van der Waals surface area contributed by atoms with Gasteiger partial charge in [-0.1, -0.05) is 11.6 Å². The van der Waals surface area contributed by atoms with Gasteiger partial charge >= 0.3 is 0 Å². The zero-order valence-electron chi connectivity index (χ0n) is 10.3. The maximum absolute atomic E-state index is 12.1. The van der Waals surface area contributed by atoms with Gasteiger partial charge in [-0.15, -0.1) is 11.3 Å². The zero-order valence-corrected chi connectivity index (χ0v) is 14.0. The van der Waals surface area contributed by atoms with Crippen molar-refractivity contribution < 1.29 is 0 Å². The highest BCUT2D eigenvalue weighted by Gasteiger charge is 2.11. The van der Waals surface area contributed by atoms with Crippen LogP contribution in [-0.2, 0) is 6.54 Å². The number of rotatable bonds is 2. The van der Waals surface area contributed by atoms with E-state index in [4.69, 9.17) is 11.6 Å². The van der Waals surface area contributed by atoms with Crippen LogP contribution in [-0.4, -0.2) is 19.5 Å². The van der Waals surface area contributed by atoms with E-state index in [0.29, 0.717) is 20.4 Å². The second-order valence-electron chi connectivity index (χ2n) is 4.11. The fourth-order valence-corrected chi connectivity index (χ4v) is 3.33. The Morgan fingerprint density at radius 1 is 1.45 bits per heavy atom. The highest BCUT2D eigenvalue weighted by Crippen LogP contribution is 2.24. The van der Waals surface area contributed by atoms with Crippen LogP contribution in [0.1, 0.15) is 11.6 Å². The normalized spacial score (nSPS) is 11.2. The average Bonchev–Trinajstić information content (AvgIpc) is 2.88. The molecule has 0 aliphatic carbocycles. The maximum Gasteiger partial charge on any atom is 0.267 e. The molecular formula is C12H8ClIN4OS. The molecule has 3 heterocycles. The second kappa shape index (κ2) is 5.38. The second-order valence-corrected chi connectivity index (χ2v) is 6.53. The summed E-state index contributed by atoms with van der Waals surface area (Å²) in [4.78, 5) is 25.8. The van der Waals surface area contributed by atoms with Gasteiger partial charge in [0.25, 0.3) is 5.56 Å². The van der Waals surface area contributed by atoms with Crippen LogP contribution in [0.2, 0.25) is 5.15 Å². The first kappa shape index (κ1) is 13.9. The largest absolute Gasteiger partial charge is 0.288 e. The molecule has 0 N–H and O–H groups in total. The maximum atomic E-state index is 12.1. The SMILES string of the molecule is Cc1ncc(I)c(=O)n1Cc1nc(Cl)c2ccsc2n1. The van der Waals surface area contributed by atoms with E-state index >= 15 is 0 Å². The number of nitrogens with zero attached hydrogens (tertiary/aromatic N) is 4. The summed E-state index contributed by atoms with van der Waals surface area (Å²) < 4.78 is 2.11. The summed E-state index contributed by atoms with van der Waals surface area (Å²) >= 11 is 9.60. The molecule has 0 aromatic carbocycles. The summed E-state index contributed by atoms with van der Waals surface area (Å²) in [5.41, 5.74) is -0.0934. The predicted molar refractivity (Wildman–Crippen MR) is 87.5 cm³/mol. The number of thiophene rings is 1. The van der Waals surface area contributed by atoms with Crippen LogP contribution in [0.4, 0.5) is 0 Å². The lowest BCUT2D eigenvalue weighted by Gasteiger charge is -2.08. The summed E-state index contributed by atoms with van der Waals surface area (Å²) in [6.45, 7) is 2.05. The molecular weight excluding hydrogens is 411 g/mol. The number of aryl methyl sites for hydroxylation is 1. The fraction of sp³-hybridized carbons (Fsp3) is 0.167. The van der Waals surface area contributed by atoms with Gasteiger partial charge in [-0.2, -0.15) is 0 Å². The van der Waals surface area contributed by atoms with Crippen LogP contribution in [0, 0.1) is 10.5 Å². The Kier molecular flexibility index (Phi) is 3.74. The van der Waals surface area contributed by atoms with Crippen LogP contribution in [0.5, 0.6) is 0 Å². The summed E-state index contributed by atoms with van der Waals surface area (Å²) in [5, 5.41) is 3.17. The number of aromatic nitrogens is 4. The fourth-order valence-electron chi connectivity index (χ4n) is 1.81. The zero-order chi connectivity index (χ0) is 14.3. The van der Waals surface area contributed by atoms with E-state index in [9.17, 15) is 4.79 Å². The van der Waals surface area contributed by atoms with Gasteiger partial charge < -0.3 is 0 Å². The molecule has 3 aromatic heterocycles. The third-order valence-corrected chi connectivity index (χ3v) is 4.66. The van der Waals surface area contributed by atoms with E-state index in [-0.39, 0.29) is 12.1 Å². The molecule has 102 valence electrons. The van der Waals surface area contributed by atoms with Crippen molar-refractivity contribution in [3.8, 4) is 0 Å². The van der Waals surface area contributed by atoms with Crippen molar-refractivity contribution in [1.29, 1.82) is 0 Å². The number of hydrogen-bond donors (Lipinski definition) is 0. The summed E-state index contributed by atoms with van der Waals surface area (Å²) in [7, 11) is 0. The minimum atomic E-state index is -0.0934. The van der Waals surface area contributed by atoms with Gasteiger partial charge in [-0.05, 0) is 41.0 Å². The molecule has 5 nitrogen and oxygen atoms in total. The van der Waals surface area contributed by atoms with Crippen molar-refractivity contribution in [2.24, 2.45) is 0 Å². The van der Waals surface area contributed by atoms with Crippen LogP contribution >= 0.6 is 45.5 Å². The lowest BCUT2D eigenvalue weighted by atomic mass is 10.4. The lowest BCUT2D eigenvalue weighted by molar-refractivity contribution is 0.667. The van der Waals surface area contributed by atoms with Crippen molar-refractivity contribution in [2.75, 3.05) is 0 Å². The monoisotopic (exact) mass is 418 g/mol. The van der Waals surface area contributed by atoms with E-state index in [1.807, 2.05) is 34.0 Å². The first-order chi connectivity index (χ1) is 9.56. The molecule has 0 aliphatic rings. The first-order valence-electron chi connectivity index (χ1n) is 5.68. The molecule has 3 aromatic rings. The Balaban J connectivity index is 2.10. The van der Waals surface area contributed by atoms with Gasteiger partial charge in [-0.25, -0.2) is 15.0 Å². The topological polar surface area (TPSA) is 60.7 Å². The van der Waals surface area contributed by atoms with Gasteiger partial charge in [-0.3, -0.25) is 9.36 Å². The first-order valence-corrected chi connectivity index (χ1v) is 8.01. The summed E-state index contributed by atoms with van der Waals surface area (Å²) in [6, 6.07) is 1.89. The molecule has 0 fully saturated rings. The Morgan fingerprint density at radius 3 is 3.05 bits per heavy atom. The Bertz CT molecular complexity index is 860. The molecule has 0 amide bonds. The lowest BCUT2D eigenvalue weighted by Crippen LogP contribution is -2.26. The highest BCUT2D eigenvalue weighted by molar-refractivity contribution is 14.1. The van der Waals surface area contributed by atoms with Gasteiger partial charge in [0, 0.05) is 11.6 Å². The van der Waals surface area contributed by atoms with Crippen molar-refractivity contribution in [3.63, 3.8) is 0 Å². The van der Waals surface area contributed by atoms with Gasteiger partial charge in [0.2, 0.25) is 0 Å². The van der Waals surface area contributed by atoms with Gasteiger partial charge in [0.05, 0.1) is 10.1 Å². The van der Waals surface area contributed by atoms with Crippen molar-refractivity contribution in [2.45, 2.75) is 13.5 Å². The molecule has 0 aliphatic heterocycles. The van der Waals surface area contributed by atoms with Crippen molar-refractivity contribution >= 4 is 55.7 Å². The van der Waals surface area contributed by atoms with Crippen molar-refractivity contribution in [1.82, 2.24) is 19.5 Å². The van der Waals surface area contributed by atoms with E-state index in [0.717, 1.165) is 10.2 Å². The Morgan fingerprint density at radius 2 is 2.25 bits per heavy atom. The third kappa shape index (κ3) is 2.45. The highest BCUT2D eigenvalue weighted by atomic mass is 127. The van der Waals surface area contributed by atoms with E-state index < -0.39 is 0 Å². The van der Waals surface area contributed by atoms with E-state index in [1.165, 1.54) is 11.3 Å². The van der Waals surface area contributed by atoms with Crippen molar-refractivity contribution in [3.05, 3.63) is 48.4 Å².